The minimum Gasteiger partial charge on any atom is -0.370 e. The van der Waals surface area contributed by atoms with Crippen LogP contribution in [-0.4, -0.2) is 90.2 Å². The number of nitrogens with zero attached hydrogens (tertiary/aromatic N) is 3. The van der Waals surface area contributed by atoms with Crippen molar-refractivity contribution in [2.45, 2.75) is 76.5 Å². The number of nitrogens with two attached hydrogens (primary N) is 5. The maximum absolute atomic E-state index is 13.4. The highest BCUT2D eigenvalue weighted by molar-refractivity contribution is 5.97. The number of guanidine groups is 2. The highest BCUT2D eigenvalue weighted by atomic mass is 16.2. The Morgan fingerprint density at radius 2 is 1.36 bits per heavy atom. The largest absolute Gasteiger partial charge is 0.370 e. The number of aliphatic imine (C=N–C) groups is 2. The normalized spacial score (nSPS) is 12.9. The van der Waals surface area contributed by atoms with Crippen molar-refractivity contribution >= 4 is 41.5 Å². The highest BCUT2D eigenvalue weighted by Crippen LogP contribution is 2.12. The van der Waals surface area contributed by atoms with Crippen LogP contribution in [-0.2, 0) is 30.4 Å². The third-order valence-corrected chi connectivity index (χ3v) is 6.71. The molecule has 0 unspecified atom stereocenters. The standard InChI is InChI=1S/C28H47N11O5/c1-17(40)39(4)21(13-9-15-35-27(32)33)24(43)38-28(2,3)25(44)37-19(12-8-14-34-26(30)31)23(42)36-20(22(29)41)16-18-10-6-5-7-11-18/h5-7,10-11,19-21H,8-9,12-16H2,1-4H3,(H2,29,41)(H,36,42)(H,37,44)(H,38,43)(H4,30,31,34)(H4,32,33,35)/t19-,20-,21-/m0/s1. The van der Waals surface area contributed by atoms with Gasteiger partial charge in [0.1, 0.15) is 23.7 Å². The van der Waals surface area contributed by atoms with Gasteiger partial charge in [0.2, 0.25) is 29.5 Å². The zero-order valence-electron chi connectivity index (χ0n) is 25.8. The number of amides is 5. The predicted molar refractivity (Wildman–Crippen MR) is 167 cm³/mol. The van der Waals surface area contributed by atoms with Gasteiger partial charge >= 0.3 is 0 Å². The van der Waals surface area contributed by atoms with Gasteiger partial charge in [0.05, 0.1) is 0 Å². The van der Waals surface area contributed by atoms with E-state index in [0.717, 1.165) is 5.56 Å². The van der Waals surface area contributed by atoms with Crippen LogP contribution in [0.3, 0.4) is 0 Å². The van der Waals surface area contributed by atoms with E-state index in [1.165, 1.54) is 32.7 Å². The molecule has 0 aromatic heterocycles. The van der Waals surface area contributed by atoms with Gasteiger partial charge < -0.3 is 49.5 Å². The Labute approximate surface area is 257 Å². The number of carbonyl (C=O) groups excluding carboxylic acids is 5. The average molecular weight is 618 g/mol. The van der Waals surface area contributed by atoms with Gasteiger partial charge in [-0.05, 0) is 45.1 Å². The molecule has 0 aliphatic rings. The van der Waals surface area contributed by atoms with Crippen LogP contribution in [0, 0.1) is 0 Å². The SMILES string of the molecule is CC(=O)N(C)[C@@H](CCCN=C(N)N)C(=O)NC(C)(C)C(=O)N[C@@H](CCCN=C(N)N)C(=O)N[C@@H](Cc1ccccc1)C(N)=O. The third kappa shape index (κ3) is 13.4. The highest BCUT2D eigenvalue weighted by Gasteiger charge is 2.36. The topological polar surface area (TPSA) is 280 Å². The maximum atomic E-state index is 13.4. The molecule has 0 spiro atoms. The monoisotopic (exact) mass is 617 g/mol. The number of nitrogens with one attached hydrogen (secondary N) is 3. The third-order valence-electron chi connectivity index (χ3n) is 6.71. The van der Waals surface area contributed by atoms with E-state index in [1.807, 2.05) is 6.07 Å². The minimum absolute atomic E-state index is 0.0946. The van der Waals surface area contributed by atoms with Gasteiger partial charge in [-0.3, -0.25) is 34.0 Å². The fourth-order valence-electron chi connectivity index (χ4n) is 4.12. The quantitative estimate of drug-likeness (QED) is 0.0491. The summed E-state index contributed by atoms with van der Waals surface area (Å²) in [5.74, 6) is -3.25. The van der Waals surface area contributed by atoms with Gasteiger partial charge in [-0.25, -0.2) is 0 Å². The number of carbonyl (C=O) groups is 5. The molecule has 0 aliphatic heterocycles. The molecule has 0 saturated heterocycles. The molecule has 0 heterocycles. The summed E-state index contributed by atoms with van der Waals surface area (Å²) < 4.78 is 0. The van der Waals surface area contributed by atoms with Gasteiger partial charge in [-0.2, -0.15) is 0 Å². The molecule has 16 nitrogen and oxygen atoms in total. The molecular formula is C28H47N11O5. The Morgan fingerprint density at radius 3 is 1.86 bits per heavy atom. The molecule has 3 atom stereocenters. The van der Waals surface area contributed by atoms with Gasteiger partial charge in [0.15, 0.2) is 11.9 Å². The molecule has 0 saturated carbocycles. The second-order valence-electron chi connectivity index (χ2n) is 10.8. The Kier molecular flexibility index (Phi) is 15.1. The number of likely N-dealkylation sites (N-methyl/N-ethyl adjacent to an activating group) is 1. The second kappa shape index (κ2) is 17.9. The molecule has 1 aromatic rings. The molecule has 0 radical (unpaired) electrons. The fourth-order valence-corrected chi connectivity index (χ4v) is 4.12. The number of hydrogen-bond acceptors (Lipinski definition) is 7. The Morgan fingerprint density at radius 1 is 0.818 bits per heavy atom. The summed E-state index contributed by atoms with van der Waals surface area (Å²) in [5.41, 5.74) is 26.3. The van der Waals surface area contributed by atoms with Crippen molar-refractivity contribution in [3.05, 3.63) is 35.9 Å². The van der Waals surface area contributed by atoms with Gasteiger partial charge in [-0.1, -0.05) is 30.3 Å². The molecule has 16 heteroatoms. The smallest absolute Gasteiger partial charge is 0.245 e. The maximum Gasteiger partial charge on any atom is 0.245 e. The predicted octanol–water partition coefficient (Wildman–Crippen LogP) is -2.47. The van der Waals surface area contributed by atoms with Crippen molar-refractivity contribution in [3.63, 3.8) is 0 Å². The summed E-state index contributed by atoms with van der Waals surface area (Å²) >= 11 is 0. The van der Waals surface area contributed by atoms with E-state index >= 15 is 0 Å². The molecule has 244 valence electrons. The van der Waals surface area contributed by atoms with Crippen molar-refractivity contribution < 1.29 is 24.0 Å². The zero-order chi connectivity index (χ0) is 33.4. The average Bonchev–Trinajstić information content (AvgIpc) is 2.93. The van der Waals surface area contributed by atoms with Crippen LogP contribution in [0.1, 0.15) is 52.0 Å². The Bertz CT molecular complexity index is 1200. The van der Waals surface area contributed by atoms with Crippen LogP contribution in [0.2, 0.25) is 0 Å². The first kappa shape index (κ1) is 37.1. The van der Waals surface area contributed by atoms with Crippen LogP contribution in [0.5, 0.6) is 0 Å². The van der Waals surface area contributed by atoms with E-state index in [9.17, 15) is 24.0 Å². The van der Waals surface area contributed by atoms with Gasteiger partial charge in [-0.15, -0.1) is 0 Å². The molecule has 5 amide bonds. The fraction of sp³-hybridized carbons (Fsp3) is 0.536. The van der Waals surface area contributed by atoms with Crippen molar-refractivity contribution in [2.75, 3.05) is 20.1 Å². The molecular weight excluding hydrogens is 570 g/mol. The molecule has 1 aromatic carbocycles. The van der Waals surface area contributed by atoms with E-state index in [2.05, 4.69) is 25.9 Å². The lowest BCUT2D eigenvalue weighted by molar-refractivity contribution is -0.141. The zero-order valence-corrected chi connectivity index (χ0v) is 25.8. The van der Waals surface area contributed by atoms with Gasteiger partial charge in [0.25, 0.3) is 0 Å². The molecule has 1 rings (SSSR count). The number of benzene rings is 1. The number of hydrogen-bond donors (Lipinski definition) is 8. The van der Waals surface area contributed by atoms with Crippen LogP contribution >= 0.6 is 0 Å². The Hall–Kier alpha value is -4.89. The van der Waals surface area contributed by atoms with Crippen molar-refractivity contribution in [3.8, 4) is 0 Å². The second-order valence-corrected chi connectivity index (χ2v) is 10.8. The molecule has 44 heavy (non-hydrogen) atoms. The minimum atomic E-state index is -1.52. The molecule has 0 bridgehead atoms. The lowest BCUT2D eigenvalue weighted by atomic mass is 10.00. The van der Waals surface area contributed by atoms with E-state index < -0.39 is 47.3 Å². The van der Waals surface area contributed by atoms with Crippen LogP contribution in [0.25, 0.3) is 0 Å². The van der Waals surface area contributed by atoms with Crippen molar-refractivity contribution in [2.24, 2.45) is 38.7 Å². The lowest BCUT2D eigenvalue weighted by Crippen LogP contribution is -2.62. The van der Waals surface area contributed by atoms with E-state index in [4.69, 9.17) is 28.7 Å². The van der Waals surface area contributed by atoms with Crippen LogP contribution in [0.4, 0.5) is 0 Å². The first-order valence-corrected chi connectivity index (χ1v) is 14.2. The van der Waals surface area contributed by atoms with E-state index in [-0.39, 0.29) is 50.2 Å². The summed E-state index contributed by atoms with van der Waals surface area (Å²) in [4.78, 5) is 73.4. The molecule has 0 fully saturated rings. The summed E-state index contributed by atoms with van der Waals surface area (Å²) in [7, 11) is 1.47. The van der Waals surface area contributed by atoms with Crippen LogP contribution in [0.15, 0.2) is 40.3 Å². The first-order chi connectivity index (χ1) is 20.5. The summed E-state index contributed by atoms with van der Waals surface area (Å²) in [6.45, 7) is 4.66. The van der Waals surface area contributed by atoms with Crippen LogP contribution < -0.4 is 44.6 Å². The summed E-state index contributed by atoms with van der Waals surface area (Å²) in [6, 6.07) is 5.90. The lowest BCUT2D eigenvalue weighted by Gasteiger charge is -2.32. The van der Waals surface area contributed by atoms with Gasteiger partial charge in [0, 0.05) is 33.5 Å². The number of rotatable bonds is 18. The molecule has 0 aliphatic carbocycles. The number of primary amides is 1. The van der Waals surface area contributed by atoms with Crippen molar-refractivity contribution in [1.29, 1.82) is 0 Å². The summed E-state index contributed by atoms with van der Waals surface area (Å²) in [5, 5.41) is 7.95. The van der Waals surface area contributed by atoms with E-state index in [1.54, 1.807) is 24.3 Å². The van der Waals surface area contributed by atoms with Crippen molar-refractivity contribution in [1.82, 2.24) is 20.9 Å². The molecule has 13 N–H and O–H groups in total. The Balaban J connectivity index is 3.10. The first-order valence-electron chi connectivity index (χ1n) is 14.2. The summed E-state index contributed by atoms with van der Waals surface area (Å²) in [6.07, 6.45) is 1.18. The van der Waals surface area contributed by atoms with E-state index in [0.29, 0.717) is 12.8 Å².